The molecule has 54 valence electrons. The maximum absolute atomic E-state index is 5.21. The fourth-order valence-corrected chi connectivity index (χ4v) is 1.86. The van der Waals surface area contributed by atoms with Gasteiger partial charge in [0.15, 0.2) is 9.76 Å². The van der Waals surface area contributed by atoms with E-state index < -0.39 is 0 Å². The summed E-state index contributed by atoms with van der Waals surface area (Å²) in [4.78, 5) is 0. The van der Waals surface area contributed by atoms with Crippen LogP contribution in [0, 0.1) is 0 Å². The molecule has 0 aromatic rings. The molecule has 1 aliphatic rings. The third-order valence-electron chi connectivity index (χ3n) is 1.08. The Hall–Kier alpha value is 0.134. The van der Waals surface area contributed by atoms with E-state index in [1.165, 1.54) is 18.9 Å². The summed E-state index contributed by atoms with van der Waals surface area (Å²) in [6, 6.07) is 1.42. The molecule has 0 aromatic heterocycles. The Morgan fingerprint density at radius 2 is 2.22 bits per heavy atom. The predicted molar refractivity (Wildman–Crippen MR) is 48.7 cm³/mol. The van der Waals surface area contributed by atoms with Gasteiger partial charge in [0.2, 0.25) is 0 Å². The Morgan fingerprint density at radius 1 is 1.56 bits per heavy atom. The standard InChI is InChI=1S/C4H10OSi.C2H6Si/c1-2-4-6-5-3-1;1-2-3/h1-4,6H2;2H,1H2,3H3. The maximum atomic E-state index is 5.21. The minimum Gasteiger partial charge on any atom is -0.424 e. The molecule has 0 amide bonds. The molecule has 0 atom stereocenters. The third-order valence-corrected chi connectivity index (χ3v) is 2.44. The highest BCUT2D eigenvalue weighted by Gasteiger charge is 1.96. The summed E-state index contributed by atoms with van der Waals surface area (Å²) in [6.45, 7) is 4.48. The van der Waals surface area contributed by atoms with Crippen molar-refractivity contribution in [2.24, 2.45) is 0 Å². The van der Waals surface area contributed by atoms with Crippen LogP contribution in [0.1, 0.15) is 12.8 Å². The SMILES string of the molecule is C1CC[SiH2]OC1.C=C[SiH3]. The molecule has 1 aliphatic heterocycles. The highest BCUT2D eigenvalue weighted by Crippen LogP contribution is 2.01. The van der Waals surface area contributed by atoms with Gasteiger partial charge in [0.25, 0.3) is 0 Å². The van der Waals surface area contributed by atoms with Gasteiger partial charge < -0.3 is 4.43 Å². The summed E-state index contributed by atoms with van der Waals surface area (Å²) in [6.07, 6.45) is 2.75. The molecule has 0 N–H and O–H groups in total. The van der Waals surface area contributed by atoms with Gasteiger partial charge >= 0.3 is 0 Å². The van der Waals surface area contributed by atoms with Crippen molar-refractivity contribution in [3.63, 3.8) is 0 Å². The summed E-state index contributed by atoms with van der Waals surface area (Å²) in [7, 11) is 1.14. The van der Waals surface area contributed by atoms with Gasteiger partial charge in [-0.05, 0) is 12.5 Å². The van der Waals surface area contributed by atoms with Crippen molar-refractivity contribution in [1.29, 1.82) is 0 Å². The van der Waals surface area contributed by atoms with E-state index in [0.717, 1.165) is 16.8 Å². The number of hydrogen-bond donors (Lipinski definition) is 0. The van der Waals surface area contributed by atoms with Crippen molar-refractivity contribution in [2.75, 3.05) is 6.61 Å². The first-order valence-corrected chi connectivity index (χ1v) is 6.29. The van der Waals surface area contributed by atoms with Crippen LogP contribution in [-0.2, 0) is 4.43 Å². The topological polar surface area (TPSA) is 9.23 Å². The molecule has 9 heavy (non-hydrogen) atoms. The molecule has 0 bridgehead atoms. The molecule has 1 fully saturated rings. The van der Waals surface area contributed by atoms with Gasteiger partial charge in [-0.15, -0.1) is 12.3 Å². The van der Waals surface area contributed by atoms with Crippen LogP contribution in [0.15, 0.2) is 12.3 Å². The summed E-state index contributed by atoms with van der Waals surface area (Å²) in [5.74, 6) is 0. The summed E-state index contributed by atoms with van der Waals surface area (Å²) in [5.41, 5.74) is 1.89. The van der Waals surface area contributed by atoms with Crippen LogP contribution in [0.3, 0.4) is 0 Å². The lowest BCUT2D eigenvalue weighted by Gasteiger charge is -2.07. The Bertz CT molecular complexity index is 50.6. The average molecular weight is 160 g/mol. The van der Waals surface area contributed by atoms with E-state index in [0.29, 0.717) is 0 Å². The zero-order valence-corrected chi connectivity index (χ0v) is 9.64. The van der Waals surface area contributed by atoms with E-state index in [9.17, 15) is 0 Å². The zero-order valence-electron chi connectivity index (χ0n) is 6.23. The zero-order chi connectivity index (χ0) is 6.95. The van der Waals surface area contributed by atoms with Gasteiger partial charge in [0, 0.05) is 16.8 Å². The molecule has 3 heteroatoms. The van der Waals surface area contributed by atoms with E-state index in [-0.39, 0.29) is 9.76 Å². The third kappa shape index (κ3) is 8.13. The molecule has 1 heterocycles. The van der Waals surface area contributed by atoms with Crippen LogP contribution in [0.4, 0.5) is 0 Å². The number of rotatable bonds is 0. The summed E-state index contributed by atoms with van der Waals surface area (Å²) < 4.78 is 5.21. The molecule has 0 unspecified atom stereocenters. The first-order valence-electron chi connectivity index (χ1n) is 3.56. The first-order chi connectivity index (χ1) is 4.41. The van der Waals surface area contributed by atoms with Gasteiger partial charge in [0.05, 0.1) is 0 Å². The van der Waals surface area contributed by atoms with Gasteiger partial charge in [-0.2, -0.15) is 0 Å². The second-order valence-electron chi connectivity index (χ2n) is 2.08. The molecule has 1 saturated heterocycles. The predicted octanol–water partition coefficient (Wildman–Crippen LogP) is -0.206. The molecule has 0 radical (unpaired) electrons. The summed E-state index contributed by atoms with van der Waals surface area (Å²) in [5, 5.41) is 0. The quantitative estimate of drug-likeness (QED) is 0.446. The molecule has 0 saturated carbocycles. The van der Waals surface area contributed by atoms with Crippen molar-refractivity contribution in [2.45, 2.75) is 18.9 Å². The highest BCUT2D eigenvalue weighted by molar-refractivity contribution is 6.27. The fourth-order valence-electron chi connectivity index (χ4n) is 0.687. The molecule has 0 aliphatic carbocycles. The van der Waals surface area contributed by atoms with E-state index in [2.05, 4.69) is 6.58 Å². The monoisotopic (exact) mass is 160 g/mol. The minimum atomic E-state index is 0.00849. The van der Waals surface area contributed by atoms with Gasteiger partial charge in [0.1, 0.15) is 0 Å². The Labute approximate surface area is 62.9 Å². The van der Waals surface area contributed by atoms with E-state index in [1.54, 1.807) is 0 Å². The fraction of sp³-hybridized carbons (Fsp3) is 0.667. The van der Waals surface area contributed by atoms with Crippen molar-refractivity contribution >= 4 is 20.0 Å². The number of hydrogen-bond acceptors (Lipinski definition) is 1. The molecule has 0 spiro atoms. The Morgan fingerprint density at radius 3 is 2.33 bits per heavy atom. The van der Waals surface area contributed by atoms with Crippen LogP contribution >= 0.6 is 0 Å². The molecule has 1 nitrogen and oxygen atoms in total. The molecular weight excluding hydrogens is 144 g/mol. The largest absolute Gasteiger partial charge is 0.424 e. The lowest BCUT2D eigenvalue weighted by Crippen LogP contribution is -2.06. The van der Waals surface area contributed by atoms with Crippen molar-refractivity contribution in [3.8, 4) is 0 Å². The average Bonchev–Trinajstić information content (AvgIpc) is 1.93. The normalized spacial score (nSPS) is 20.4. The van der Waals surface area contributed by atoms with Gasteiger partial charge in [-0.3, -0.25) is 0 Å². The Balaban J connectivity index is 0.000000187. The van der Waals surface area contributed by atoms with E-state index >= 15 is 0 Å². The minimum absolute atomic E-state index is 0.00849. The lowest BCUT2D eigenvalue weighted by molar-refractivity contribution is 0.304. The second kappa shape index (κ2) is 8.13. The van der Waals surface area contributed by atoms with Crippen LogP contribution in [0.5, 0.6) is 0 Å². The Kier molecular flexibility index (Phi) is 8.25. The summed E-state index contributed by atoms with van der Waals surface area (Å²) >= 11 is 0. The smallest absolute Gasteiger partial charge is 0.161 e. The van der Waals surface area contributed by atoms with Crippen molar-refractivity contribution < 1.29 is 4.43 Å². The maximum Gasteiger partial charge on any atom is 0.161 e. The van der Waals surface area contributed by atoms with E-state index in [4.69, 9.17) is 4.43 Å². The van der Waals surface area contributed by atoms with Gasteiger partial charge in [-0.25, -0.2) is 0 Å². The van der Waals surface area contributed by atoms with Crippen LogP contribution < -0.4 is 0 Å². The molecule has 1 rings (SSSR count). The molecular formula is C6H16OSi2. The van der Waals surface area contributed by atoms with E-state index in [1.807, 2.05) is 5.70 Å². The highest BCUT2D eigenvalue weighted by atomic mass is 28.2. The lowest BCUT2D eigenvalue weighted by atomic mass is 10.4. The van der Waals surface area contributed by atoms with Crippen molar-refractivity contribution in [3.05, 3.63) is 12.3 Å². The first kappa shape index (κ1) is 9.13. The van der Waals surface area contributed by atoms with Gasteiger partial charge in [-0.1, -0.05) is 6.42 Å². The van der Waals surface area contributed by atoms with Crippen LogP contribution in [-0.4, -0.2) is 26.6 Å². The second-order valence-corrected chi connectivity index (χ2v) is 4.42. The van der Waals surface area contributed by atoms with Crippen molar-refractivity contribution in [1.82, 2.24) is 0 Å². The molecule has 0 aromatic carbocycles. The van der Waals surface area contributed by atoms with Crippen LogP contribution in [0.25, 0.3) is 0 Å². The van der Waals surface area contributed by atoms with Crippen LogP contribution in [0.2, 0.25) is 6.04 Å².